The van der Waals surface area contributed by atoms with Crippen molar-refractivity contribution in [3.8, 4) is 0 Å². The lowest BCUT2D eigenvalue weighted by Gasteiger charge is -2.03. The first kappa shape index (κ1) is 15.4. The third-order valence-electron chi connectivity index (χ3n) is 3.42. The zero-order chi connectivity index (χ0) is 16.9. The number of para-hydroxylation sites is 1. The molecule has 1 aromatic heterocycles. The van der Waals surface area contributed by atoms with Gasteiger partial charge in [0.05, 0.1) is 23.4 Å². The highest BCUT2D eigenvalue weighted by Gasteiger charge is 2.19. The number of nitro groups is 1. The molecule has 7 nitrogen and oxygen atoms in total. The minimum atomic E-state index is -0.576. The molecule has 2 aromatic carbocycles. The molecular weight excluding hydrogens is 308 g/mol. The highest BCUT2D eigenvalue weighted by atomic mass is 16.6. The SMILES string of the molecule is O=C(Nc1cnn(Cc2ccccc2)c1)c1ccccc1[N+](=O)[O-]. The van der Waals surface area contributed by atoms with Crippen LogP contribution in [0, 0.1) is 10.1 Å². The fourth-order valence-corrected chi connectivity index (χ4v) is 2.31. The Bertz CT molecular complexity index is 874. The number of aromatic nitrogens is 2. The Morgan fingerprint density at radius 3 is 2.58 bits per heavy atom. The monoisotopic (exact) mass is 322 g/mol. The molecule has 0 fully saturated rings. The molecule has 0 aliphatic rings. The van der Waals surface area contributed by atoms with E-state index in [2.05, 4.69) is 10.4 Å². The fraction of sp³-hybridized carbons (Fsp3) is 0.0588. The quantitative estimate of drug-likeness (QED) is 0.577. The van der Waals surface area contributed by atoms with Crippen LogP contribution in [-0.2, 0) is 6.54 Å². The van der Waals surface area contributed by atoms with Crippen molar-refractivity contribution in [3.05, 3.63) is 88.2 Å². The van der Waals surface area contributed by atoms with Gasteiger partial charge in [-0.25, -0.2) is 0 Å². The predicted molar refractivity (Wildman–Crippen MR) is 88.8 cm³/mol. The van der Waals surface area contributed by atoms with Crippen molar-refractivity contribution >= 4 is 17.3 Å². The summed E-state index contributed by atoms with van der Waals surface area (Å²) >= 11 is 0. The van der Waals surface area contributed by atoms with E-state index in [9.17, 15) is 14.9 Å². The Labute approximate surface area is 137 Å². The molecule has 1 heterocycles. The lowest BCUT2D eigenvalue weighted by molar-refractivity contribution is -0.385. The first-order chi connectivity index (χ1) is 11.6. The summed E-state index contributed by atoms with van der Waals surface area (Å²) in [7, 11) is 0. The van der Waals surface area contributed by atoms with Crippen LogP contribution in [0.2, 0.25) is 0 Å². The molecule has 0 aliphatic carbocycles. The number of rotatable bonds is 5. The smallest absolute Gasteiger partial charge is 0.282 e. The highest BCUT2D eigenvalue weighted by molar-refractivity contribution is 6.06. The Hall–Kier alpha value is -3.48. The van der Waals surface area contributed by atoms with E-state index in [0.717, 1.165) is 5.56 Å². The first-order valence-corrected chi connectivity index (χ1v) is 7.24. The number of benzene rings is 2. The topological polar surface area (TPSA) is 90.1 Å². The fourth-order valence-electron chi connectivity index (χ4n) is 2.31. The number of anilines is 1. The Morgan fingerprint density at radius 1 is 1.12 bits per heavy atom. The number of hydrogen-bond acceptors (Lipinski definition) is 4. The van der Waals surface area contributed by atoms with Crippen molar-refractivity contribution in [2.24, 2.45) is 0 Å². The third kappa shape index (κ3) is 3.46. The zero-order valence-corrected chi connectivity index (χ0v) is 12.6. The van der Waals surface area contributed by atoms with Gasteiger partial charge in [-0.2, -0.15) is 5.10 Å². The summed E-state index contributed by atoms with van der Waals surface area (Å²) in [6, 6.07) is 15.6. The van der Waals surface area contributed by atoms with Crippen molar-refractivity contribution in [1.29, 1.82) is 0 Å². The average molecular weight is 322 g/mol. The zero-order valence-electron chi connectivity index (χ0n) is 12.6. The molecule has 3 aromatic rings. The molecule has 1 N–H and O–H groups in total. The summed E-state index contributed by atoms with van der Waals surface area (Å²) in [4.78, 5) is 22.7. The van der Waals surface area contributed by atoms with Crippen LogP contribution in [0.1, 0.15) is 15.9 Å². The molecule has 0 atom stereocenters. The normalized spacial score (nSPS) is 10.3. The Kier molecular flexibility index (Phi) is 4.33. The molecule has 0 aliphatic heterocycles. The van der Waals surface area contributed by atoms with Gasteiger partial charge in [0.2, 0.25) is 0 Å². The van der Waals surface area contributed by atoms with Gasteiger partial charge in [0.25, 0.3) is 11.6 Å². The standard InChI is InChI=1S/C17H14N4O3/c22-17(15-8-4-5-9-16(15)21(23)24)19-14-10-18-20(12-14)11-13-6-2-1-3-7-13/h1-10,12H,11H2,(H,19,22). The van der Waals surface area contributed by atoms with Crippen LogP contribution in [0.4, 0.5) is 11.4 Å². The summed E-state index contributed by atoms with van der Waals surface area (Å²) in [5, 5.41) is 17.8. The van der Waals surface area contributed by atoms with Crippen LogP contribution in [0.15, 0.2) is 67.0 Å². The van der Waals surface area contributed by atoms with Gasteiger partial charge in [-0.3, -0.25) is 19.6 Å². The molecule has 24 heavy (non-hydrogen) atoms. The summed E-state index contributed by atoms with van der Waals surface area (Å²) in [5.41, 5.74) is 1.34. The summed E-state index contributed by atoms with van der Waals surface area (Å²) in [6.45, 7) is 0.572. The van der Waals surface area contributed by atoms with Crippen molar-refractivity contribution in [2.75, 3.05) is 5.32 Å². The Balaban J connectivity index is 1.73. The molecule has 3 rings (SSSR count). The number of nitro benzene ring substituents is 1. The van der Waals surface area contributed by atoms with Crippen LogP contribution in [0.5, 0.6) is 0 Å². The molecule has 0 bridgehead atoms. The maximum atomic E-state index is 12.3. The van der Waals surface area contributed by atoms with Gasteiger partial charge < -0.3 is 5.32 Å². The van der Waals surface area contributed by atoms with Gasteiger partial charge in [-0.15, -0.1) is 0 Å². The second-order valence-corrected chi connectivity index (χ2v) is 5.14. The minimum absolute atomic E-state index is 0.0123. The maximum absolute atomic E-state index is 12.3. The van der Waals surface area contributed by atoms with Gasteiger partial charge >= 0.3 is 0 Å². The molecule has 7 heteroatoms. The van der Waals surface area contributed by atoms with Crippen molar-refractivity contribution in [2.45, 2.75) is 6.54 Å². The van der Waals surface area contributed by atoms with E-state index in [-0.39, 0.29) is 11.3 Å². The summed E-state index contributed by atoms with van der Waals surface area (Å²) in [6.07, 6.45) is 3.19. The molecule has 0 unspecified atom stereocenters. The number of carbonyl (C=O) groups is 1. The van der Waals surface area contributed by atoms with Crippen LogP contribution in [-0.4, -0.2) is 20.6 Å². The van der Waals surface area contributed by atoms with E-state index in [1.165, 1.54) is 24.4 Å². The van der Waals surface area contributed by atoms with Gasteiger partial charge in [-0.1, -0.05) is 42.5 Å². The number of hydrogen-bond donors (Lipinski definition) is 1. The molecule has 1 amide bonds. The third-order valence-corrected chi connectivity index (χ3v) is 3.42. The highest BCUT2D eigenvalue weighted by Crippen LogP contribution is 2.19. The summed E-state index contributed by atoms with van der Waals surface area (Å²) < 4.78 is 1.68. The number of nitrogens with zero attached hydrogens (tertiary/aromatic N) is 3. The maximum Gasteiger partial charge on any atom is 0.282 e. The van der Waals surface area contributed by atoms with Crippen molar-refractivity contribution < 1.29 is 9.72 Å². The van der Waals surface area contributed by atoms with E-state index >= 15 is 0 Å². The van der Waals surface area contributed by atoms with E-state index in [0.29, 0.717) is 12.2 Å². The first-order valence-electron chi connectivity index (χ1n) is 7.24. The number of amides is 1. The van der Waals surface area contributed by atoms with Crippen LogP contribution >= 0.6 is 0 Å². The van der Waals surface area contributed by atoms with Gasteiger partial charge in [-0.05, 0) is 11.6 Å². The van der Waals surface area contributed by atoms with Crippen molar-refractivity contribution in [1.82, 2.24) is 9.78 Å². The van der Waals surface area contributed by atoms with Crippen LogP contribution < -0.4 is 5.32 Å². The van der Waals surface area contributed by atoms with Crippen LogP contribution in [0.25, 0.3) is 0 Å². The molecular formula is C17H14N4O3. The number of nitrogens with one attached hydrogen (secondary N) is 1. The molecule has 0 saturated heterocycles. The van der Waals surface area contributed by atoms with Gasteiger partial charge in [0.15, 0.2) is 0 Å². The van der Waals surface area contributed by atoms with Gasteiger partial charge in [0.1, 0.15) is 5.56 Å². The molecule has 0 spiro atoms. The van der Waals surface area contributed by atoms with E-state index in [4.69, 9.17) is 0 Å². The molecule has 0 saturated carbocycles. The predicted octanol–water partition coefficient (Wildman–Crippen LogP) is 3.09. The molecule has 120 valence electrons. The van der Waals surface area contributed by atoms with E-state index < -0.39 is 10.8 Å². The lowest BCUT2D eigenvalue weighted by atomic mass is 10.1. The lowest BCUT2D eigenvalue weighted by Crippen LogP contribution is -2.13. The second kappa shape index (κ2) is 6.74. The molecule has 0 radical (unpaired) electrons. The van der Waals surface area contributed by atoms with E-state index in [1.54, 1.807) is 16.9 Å². The second-order valence-electron chi connectivity index (χ2n) is 5.14. The Morgan fingerprint density at radius 2 is 1.83 bits per heavy atom. The number of carbonyl (C=O) groups excluding carboxylic acids is 1. The minimum Gasteiger partial charge on any atom is -0.319 e. The van der Waals surface area contributed by atoms with Crippen LogP contribution in [0.3, 0.4) is 0 Å². The summed E-state index contributed by atoms with van der Waals surface area (Å²) in [5.74, 6) is -0.540. The average Bonchev–Trinajstić information content (AvgIpc) is 3.02. The van der Waals surface area contributed by atoms with Gasteiger partial charge in [0, 0.05) is 12.3 Å². The largest absolute Gasteiger partial charge is 0.319 e. The van der Waals surface area contributed by atoms with E-state index in [1.807, 2.05) is 30.3 Å². The van der Waals surface area contributed by atoms with Crippen molar-refractivity contribution in [3.63, 3.8) is 0 Å².